The van der Waals surface area contributed by atoms with E-state index in [2.05, 4.69) is 10.6 Å². The fraction of sp³-hybridized carbons (Fsp3) is 0.864. The van der Waals surface area contributed by atoms with E-state index in [0.29, 0.717) is 0 Å². The van der Waals surface area contributed by atoms with E-state index in [4.69, 9.17) is 30.4 Å². The minimum atomic E-state index is -2.68. The molecule has 2 saturated heterocycles. The number of nitrogens with two attached hydrogens (primary N) is 2. The fourth-order valence-electron chi connectivity index (χ4n) is 4.57. The molecule has 0 unspecified atom stereocenters. The molecule has 0 aromatic rings. The van der Waals surface area contributed by atoms with Crippen LogP contribution in [0, 0.1) is 0 Å². The van der Waals surface area contributed by atoms with E-state index in [9.17, 15) is 55.2 Å². The molecule has 0 saturated carbocycles. The molecular formula is C22H40N4O15. The van der Waals surface area contributed by atoms with Gasteiger partial charge in [-0.05, 0) is 0 Å². The number of ether oxygens (including phenoxy) is 4. The molecule has 19 nitrogen and oxygen atoms in total. The molecule has 19 heteroatoms. The Morgan fingerprint density at radius 1 is 1.00 bits per heavy atom. The molecule has 2 amide bonds. The molecule has 0 aromatic heterocycles. The van der Waals surface area contributed by atoms with Crippen molar-refractivity contribution in [3.05, 3.63) is 0 Å². The van der Waals surface area contributed by atoms with E-state index < -0.39 is 117 Å². The zero-order chi connectivity index (χ0) is 31.2. The minimum Gasteiger partial charge on any atom is -0.394 e. The molecule has 238 valence electrons. The molecule has 2 heterocycles. The summed E-state index contributed by atoms with van der Waals surface area (Å²) < 4.78 is 22.4. The Hall–Kier alpha value is -1.95. The fourth-order valence-corrected chi connectivity index (χ4v) is 4.57. The summed E-state index contributed by atoms with van der Waals surface area (Å²) in [6, 6.07) is -4.91. The molecule has 2 aliphatic rings. The third-order valence-electron chi connectivity index (χ3n) is 6.67. The van der Waals surface area contributed by atoms with Gasteiger partial charge in [0.2, 0.25) is 17.7 Å². The predicted molar refractivity (Wildman–Crippen MR) is 131 cm³/mol. The highest BCUT2D eigenvalue weighted by atomic mass is 16.8. The quantitative estimate of drug-likeness (QED) is 0.0689. The summed E-state index contributed by atoms with van der Waals surface area (Å²) in [4.78, 5) is 34.9. The number of aliphatic hydroxyl groups excluding tert-OH is 8. The Labute approximate surface area is 233 Å². The Kier molecular flexibility index (Phi) is 12.9. The van der Waals surface area contributed by atoms with Gasteiger partial charge in [0.1, 0.15) is 73.3 Å². The van der Waals surface area contributed by atoms with Gasteiger partial charge in [-0.25, -0.2) is 0 Å². The Bertz CT molecular complexity index is 888. The molecule has 14 atom stereocenters. The number of hydrogen-bond donors (Lipinski definition) is 12. The van der Waals surface area contributed by atoms with Gasteiger partial charge in [-0.1, -0.05) is 0 Å². The third-order valence-corrected chi connectivity index (χ3v) is 6.67. The second kappa shape index (κ2) is 15.0. The van der Waals surface area contributed by atoms with Crippen LogP contribution in [0.15, 0.2) is 0 Å². The summed E-state index contributed by atoms with van der Waals surface area (Å²) in [6.07, 6.45) is -17.4. The summed E-state index contributed by atoms with van der Waals surface area (Å²) in [5.74, 6) is -4.16. The van der Waals surface area contributed by atoms with Crippen molar-refractivity contribution in [2.45, 2.75) is 99.1 Å². The first-order valence-corrected chi connectivity index (χ1v) is 12.6. The Morgan fingerprint density at radius 3 is 2.07 bits per heavy atom. The lowest BCUT2D eigenvalue weighted by molar-refractivity contribution is -0.379. The topological polar surface area (TPSA) is 326 Å². The van der Waals surface area contributed by atoms with Crippen molar-refractivity contribution in [1.82, 2.24) is 10.6 Å². The van der Waals surface area contributed by atoms with Gasteiger partial charge in [-0.2, -0.15) is 0 Å². The van der Waals surface area contributed by atoms with E-state index in [-0.39, 0.29) is 6.29 Å². The van der Waals surface area contributed by atoms with Crippen LogP contribution in [0.5, 0.6) is 0 Å². The summed E-state index contributed by atoms with van der Waals surface area (Å²) in [7, 11) is 0. The van der Waals surface area contributed by atoms with Crippen LogP contribution in [0.2, 0.25) is 0 Å². The number of carbonyl (C=O) groups is 3. The molecule has 41 heavy (non-hydrogen) atoms. The lowest BCUT2D eigenvalue weighted by Gasteiger charge is -2.52. The summed E-state index contributed by atoms with van der Waals surface area (Å²) >= 11 is 0. The van der Waals surface area contributed by atoms with Gasteiger partial charge in [-0.15, -0.1) is 0 Å². The summed E-state index contributed by atoms with van der Waals surface area (Å²) in [6.45, 7) is -0.633. The van der Waals surface area contributed by atoms with Gasteiger partial charge < -0.3 is 81.0 Å². The van der Waals surface area contributed by atoms with Crippen LogP contribution < -0.4 is 22.1 Å². The van der Waals surface area contributed by atoms with Gasteiger partial charge in [0.25, 0.3) is 0 Å². The Morgan fingerprint density at radius 2 is 1.59 bits per heavy atom. The highest BCUT2D eigenvalue weighted by Crippen LogP contribution is 2.34. The van der Waals surface area contributed by atoms with E-state index in [1.165, 1.54) is 0 Å². The maximum atomic E-state index is 12.0. The summed E-state index contributed by atoms with van der Waals surface area (Å²) in [5.41, 5.74) is 11.8. The standard InChI is InChI=1S/C22H40N4O15/c1-7(31)25-13-16(36)15(35)11(5-29)38-21(13)39-19-12(6-30)40-22(24,20(17(19)37)26-8(2)32)41-18(10(33)4-28)14(34)9(23)3-27/h3,9-21,28-30,33-37H,4-6,23-24H2,1-2H3,(H,25,31)(H,26,32)/t9-,10+,11+,12+,13+,14+,15+,16+,17-,18+,19+,20+,21-,22-/m0/s1. The maximum absolute atomic E-state index is 12.0. The SMILES string of the molecule is CC(=O)N[C@H]1[C@H](O[C@H]2[C@H](O)[C@@H](NC(C)=O)[C@@](N)(O[C@@H]([C@H](O)[C@@H](N)C=O)[C@H](O)CO)O[C@@H]2CO)O[C@H](CO)[C@@H](O)[C@@H]1O. The van der Waals surface area contributed by atoms with Crippen molar-refractivity contribution in [2.75, 3.05) is 19.8 Å². The van der Waals surface area contributed by atoms with Crippen LogP contribution in [0.1, 0.15) is 13.8 Å². The average Bonchev–Trinajstić information content (AvgIpc) is 2.93. The molecule has 2 fully saturated rings. The second-order valence-corrected chi connectivity index (χ2v) is 9.80. The van der Waals surface area contributed by atoms with E-state index in [0.717, 1.165) is 13.8 Å². The molecular weight excluding hydrogens is 560 g/mol. The molecule has 14 N–H and O–H groups in total. The van der Waals surface area contributed by atoms with E-state index >= 15 is 0 Å². The van der Waals surface area contributed by atoms with Gasteiger partial charge in [0.05, 0.1) is 25.9 Å². The second-order valence-electron chi connectivity index (χ2n) is 9.80. The van der Waals surface area contributed by atoms with Gasteiger partial charge in [0.15, 0.2) is 6.29 Å². The predicted octanol–water partition coefficient (Wildman–Crippen LogP) is -8.19. The number of aliphatic hydroxyl groups is 8. The van der Waals surface area contributed by atoms with Gasteiger partial charge >= 0.3 is 0 Å². The first-order valence-electron chi connectivity index (χ1n) is 12.6. The first kappa shape index (κ1) is 35.2. The van der Waals surface area contributed by atoms with E-state index in [1.54, 1.807) is 0 Å². The highest BCUT2D eigenvalue weighted by molar-refractivity contribution is 5.73. The van der Waals surface area contributed by atoms with Gasteiger partial charge in [-0.3, -0.25) is 15.3 Å². The summed E-state index contributed by atoms with van der Waals surface area (Å²) in [5, 5.41) is 86.4. The molecule has 2 aliphatic heterocycles. The van der Waals surface area contributed by atoms with Crippen molar-refractivity contribution < 1.29 is 74.2 Å². The lowest BCUT2D eigenvalue weighted by atomic mass is 9.92. The monoisotopic (exact) mass is 600 g/mol. The van der Waals surface area contributed by atoms with Crippen LogP contribution >= 0.6 is 0 Å². The van der Waals surface area contributed by atoms with Crippen LogP contribution in [0.25, 0.3) is 0 Å². The average molecular weight is 601 g/mol. The molecule has 0 radical (unpaired) electrons. The smallest absolute Gasteiger partial charge is 0.249 e. The largest absolute Gasteiger partial charge is 0.394 e. The van der Waals surface area contributed by atoms with Crippen LogP contribution in [0.3, 0.4) is 0 Å². The van der Waals surface area contributed by atoms with Crippen molar-refractivity contribution in [2.24, 2.45) is 11.5 Å². The minimum absolute atomic E-state index is 0.122. The third kappa shape index (κ3) is 8.12. The number of aldehydes is 1. The van der Waals surface area contributed by atoms with Gasteiger partial charge in [0, 0.05) is 13.8 Å². The van der Waals surface area contributed by atoms with Crippen LogP contribution in [0.4, 0.5) is 0 Å². The van der Waals surface area contributed by atoms with Crippen molar-refractivity contribution in [3.63, 3.8) is 0 Å². The highest BCUT2D eigenvalue weighted by Gasteiger charge is 2.58. The zero-order valence-corrected chi connectivity index (χ0v) is 22.3. The maximum Gasteiger partial charge on any atom is 0.249 e. The normalized spacial score (nSPS) is 38.8. The zero-order valence-electron chi connectivity index (χ0n) is 22.3. The van der Waals surface area contributed by atoms with E-state index in [1.807, 2.05) is 0 Å². The van der Waals surface area contributed by atoms with Crippen molar-refractivity contribution in [1.29, 1.82) is 0 Å². The van der Waals surface area contributed by atoms with Crippen molar-refractivity contribution in [3.8, 4) is 0 Å². The molecule has 0 bridgehead atoms. The number of nitrogens with one attached hydrogen (secondary N) is 2. The lowest BCUT2D eigenvalue weighted by Crippen LogP contribution is -2.77. The van der Waals surface area contributed by atoms with Crippen LogP contribution in [-0.4, -0.2) is 164 Å². The molecule has 0 aromatic carbocycles. The first-order chi connectivity index (χ1) is 19.1. The van der Waals surface area contributed by atoms with Crippen LogP contribution in [-0.2, 0) is 33.3 Å². The number of hydrogen-bond acceptors (Lipinski definition) is 17. The molecule has 0 spiro atoms. The number of amides is 2. The molecule has 2 rings (SSSR count). The Balaban J connectivity index is 2.47. The molecule has 0 aliphatic carbocycles. The number of carbonyl (C=O) groups excluding carboxylic acids is 3. The number of rotatable bonds is 13. The van der Waals surface area contributed by atoms with Crippen molar-refractivity contribution >= 4 is 18.1 Å².